The number of ether oxygens (including phenoxy) is 1. The second-order valence-corrected chi connectivity index (χ2v) is 8.67. The fourth-order valence-electron chi connectivity index (χ4n) is 4.42. The first-order valence-corrected chi connectivity index (χ1v) is 11.0. The van der Waals surface area contributed by atoms with Crippen LogP contribution in [-0.2, 0) is 22.6 Å². The van der Waals surface area contributed by atoms with Gasteiger partial charge in [-0.05, 0) is 43.9 Å². The summed E-state index contributed by atoms with van der Waals surface area (Å²) in [6, 6.07) is 7.58. The van der Waals surface area contributed by atoms with Gasteiger partial charge in [0.2, 0.25) is 11.8 Å². The second kappa shape index (κ2) is 8.65. The molecule has 0 spiro atoms. The van der Waals surface area contributed by atoms with E-state index in [-0.39, 0.29) is 23.8 Å². The van der Waals surface area contributed by atoms with Crippen LogP contribution in [0.4, 0.5) is 5.82 Å². The van der Waals surface area contributed by atoms with Crippen molar-refractivity contribution in [2.45, 2.75) is 59.0 Å². The molecule has 0 aliphatic carbocycles. The maximum Gasteiger partial charge on any atom is 0.233 e. The van der Waals surface area contributed by atoms with Gasteiger partial charge in [-0.2, -0.15) is 0 Å². The number of hydrogen-bond donors (Lipinski definition) is 0. The Morgan fingerprint density at radius 3 is 2.61 bits per heavy atom. The van der Waals surface area contributed by atoms with Crippen molar-refractivity contribution in [1.29, 1.82) is 0 Å². The van der Waals surface area contributed by atoms with Gasteiger partial charge in [0, 0.05) is 23.7 Å². The summed E-state index contributed by atoms with van der Waals surface area (Å²) in [4.78, 5) is 38.9. The molecule has 2 aromatic rings. The summed E-state index contributed by atoms with van der Waals surface area (Å²) in [5.41, 5.74) is 2.72. The summed E-state index contributed by atoms with van der Waals surface area (Å²) in [6.07, 6.45) is 3.21. The van der Waals surface area contributed by atoms with Crippen LogP contribution in [0.5, 0.6) is 5.75 Å². The van der Waals surface area contributed by atoms with Crippen molar-refractivity contribution >= 4 is 17.6 Å². The van der Waals surface area contributed by atoms with E-state index in [1.54, 1.807) is 12.0 Å². The molecule has 1 aromatic carbocycles. The largest absolute Gasteiger partial charge is 0.497 e. The van der Waals surface area contributed by atoms with Crippen LogP contribution >= 0.6 is 0 Å². The number of anilines is 1. The molecule has 7 heteroatoms. The summed E-state index contributed by atoms with van der Waals surface area (Å²) >= 11 is 0. The van der Waals surface area contributed by atoms with E-state index in [1.165, 1.54) is 0 Å². The molecule has 2 aliphatic rings. The zero-order valence-corrected chi connectivity index (χ0v) is 18.7. The quantitative estimate of drug-likeness (QED) is 0.736. The van der Waals surface area contributed by atoms with E-state index >= 15 is 0 Å². The minimum absolute atomic E-state index is 0.0270. The lowest BCUT2D eigenvalue weighted by Gasteiger charge is -2.36. The fourth-order valence-corrected chi connectivity index (χ4v) is 4.42. The standard InChI is InChI=1S/C24H30N4O3/c1-15(2)24(30)27-12-6-5-7-20(27)22-25-16(3)19-13-21(29)28(23(19)26-22)14-17-8-10-18(31-4)11-9-17/h8-11,15,20H,5-7,12-14H2,1-4H3/t20-/m1/s1. The molecular formula is C24H30N4O3. The number of fused-ring (bicyclic) bond motifs is 1. The van der Waals surface area contributed by atoms with Gasteiger partial charge >= 0.3 is 0 Å². The summed E-state index contributed by atoms with van der Waals surface area (Å²) in [7, 11) is 1.63. The van der Waals surface area contributed by atoms with Crippen LogP contribution in [0.2, 0.25) is 0 Å². The highest BCUT2D eigenvalue weighted by Crippen LogP contribution is 2.35. The van der Waals surface area contributed by atoms with Gasteiger partial charge in [-0.15, -0.1) is 0 Å². The van der Waals surface area contributed by atoms with Gasteiger partial charge in [-0.3, -0.25) is 14.5 Å². The Morgan fingerprint density at radius 2 is 1.94 bits per heavy atom. The van der Waals surface area contributed by atoms with Gasteiger partial charge in [0.1, 0.15) is 11.6 Å². The lowest BCUT2D eigenvalue weighted by atomic mass is 9.99. The molecule has 31 heavy (non-hydrogen) atoms. The van der Waals surface area contributed by atoms with Crippen LogP contribution in [0, 0.1) is 12.8 Å². The lowest BCUT2D eigenvalue weighted by molar-refractivity contribution is -0.138. The second-order valence-electron chi connectivity index (χ2n) is 8.67. The summed E-state index contributed by atoms with van der Waals surface area (Å²) in [6.45, 7) is 6.97. The number of methoxy groups -OCH3 is 1. The van der Waals surface area contributed by atoms with Gasteiger partial charge in [0.05, 0.1) is 26.1 Å². The van der Waals surface area contributed by atoms with Gasteiger partial charge in [-0.25, -0.2) is 9.97 Å². The van der Waals surface area contributed by atoms with Crippen molar-refractivity contribution in [1.82, 2.24) is 14.9 Å². The van der Waals surface area contributed by atoms with Crippen molar-refractivity contribution in [3.63, 3.8) is 0 Å². The van der Waals surface area contributed by atoms with Crippen molar-refractivity contribution in [2.24, 2.45) is 5.92 Å². The number of aromatic nitrogens is 2. The number of likely N-dealkylation sites (tertiary alicyclic amines) is 1. The van der Waals surface area contributed by atoms with Crippen LogP contribution in [0.15, 0.2) is 24.3 Å². The van der Waals surface area contributed by atoms with E-state index in [0.29, 0.717) is 24.6 Å². The summed E-state index contributed by atoms with van der Waals surface area (Å²) in [5, 5.41) is 0. The summed E-state index contributed by atoms with van der Waals surface area (Å²) < 4.78 is 5.23. The molecule has 7 nitrogen and oxygen atoms in total. The molecule has 1 aromatic heterocycles. The Balaban J connectivity index is 1.66. The number of benzene rings is 1. The number of amides is 2. The number of piperidine rings is 1. The highest BCUT2D eigenvalue weighted by molar-refractivity contribution is 6.00. The third-order valence-electron chi connectivity index (χ3n) is 6.17. The number of nitrogens with zero attached hydrogens (tertiary/aromatic N) is 4. The molecule has 2 aliphatic heterocycles. The third-order valence-corrected chi connectivity index (χ3v) is 6.17. The molecule has 3 heterocycles. The number of rotatable bonds is 5. The maximum atomic E-state index is 12.8. The molecule has 0 unspecified atom stereocenters. The minimum Gasteiger partial charge on any atom is -0.497 e. The van der Waals surface area contributed by atoms with Crippen molar-refractivity contribution in [3.8, 4) is 5.75 Å². The first-order chi connectivity index (χ1) is 14.9. The Hall–Kier alpha value is -2.96. The van der Waals surface area contributed by atoms with Gasteiger partial charge in [-0.1, -0.05) is 26.0 Å². The van der Waals surface area contributed by atoms with Crippen molar-refractivity contribution < 1.29 is 14.3 Å². The van der Waals surface area contributed by atoms with Crippen LogP contribution in [0.25, 0.3) is 0 Å². The molecule has 1 fully saturated rings. The Bertz CT molecular complexity index is 987. The van der Waals surface area contributed by atoms with E-state index in [9.17, 15) is 9.59 Å². The lowest BCUT2D eigenvalue weighted by Crippen LogP contribution is -2.41. The minimum atomic E-state index is -0.133. The average molecular weight is 423 g/mol. The molecule has 0 N–H and O–H groups in total. The number of hydrogen-bond acceptors (Lipinski definition) is 5. The molecule has 2 amide bonds. The highest BCUT2D eigenvalue weighted by atomic mass is 16.5. The first kappa shape index (κ1) is 21.3. The predicted octanol–water partition coefficient (Wildman–Crippen LogP) is 3.59. The van der Waals surface area contributed by atoms with Crippen LogP contribution in [-0.4, -0.2) is 40.3 Å². The molecule has 0 bridgehead atoms. The van der Waals surface area contributed by atoms with Crippen LogP contribution in [0.3, 0.4) is 0 Å². The summed E-state index contributed by atoms with van der Waals surface area (Å²) in [5.74, 6) is 2.22. The van der Waals surface area contributed by atoms with E-state index in [1.807, 2.05) is 49.9 Å². The van der Waals surface area contributed by atoms with Gasteiger partial charge < -0.3 is 9.64 Å². The molecule has 0 saturated carbocycles. The Labute approximate surface area is 183 Å². The average Bonchev–Trinajstić information content (AvgIpc) is 3.09. The first-order valence-electron chi connectivity index (χ1n) is 11.0. The maximum absolute atomic E-state index is 12.8. The Morgan fingerprint density at radius 1 is 1.19 bits per heavy atom. The smallest absolute Gasteiger partial charge is 0.233 e. The van der Waals surface area contributed by atoms with Gasteiger partial charge in [0.15, 0.2) is 5.82 Å². The molecule has 1 atom stereocenters. The molecule has 164 valence electrons. The molecule has 0 radical (unpaired) electrons. The van der Waals surface area contributed by atoms with Crippen LogP contribution in [0.1, 0.15) is 61.8 Å². The zero-order valence-electron chi connectivity index (χ0n) is 18.7. The number of aryl methyl sites for hydroxylation is 1. The monoisotopic (exact) mass is 422 g/mol. The molecule has 4 rings (SSSR count). The highest BCUT2D eigenvalue weighted by Gasteiger charge is 2.35. The predicted molar refractivity (Wildman–Crippen MR) is 118 cm³/mol. The normalized spacial score (nSPS) is 18.5. The third kappa shape index (κ3) is 4.13. The van der Waals surface area contributed by atoms with E-state index in [4.69, 9.17) is 14.7 Å². The fraction of sp³-hybridized carbons (Fsp3) is 0.500. The van der Waals surface area contributed by atoms with Crippen molar-refractivity contribution in [2.75, 3.05) is 18.6 Å². The van der Waals surface area contributed by atoms with E-state index in [0.717, 1.165) is 48.4 Å². The Kier molecular flexibility index (Phi) is 5.94. The van der Waals surface area contributed by atoms with Gasteiger partial charge in [0.25, 0.3) is 0 Å². The topological polar surface area (TPSA) is 75.6 Å². The number of carbonyl (C=O) groups is 2. The van der Waals surface area contributed by atoms with E-state index in [2.05, 4.69) is 0 Å². The van der Waals surface area contributed by atoms with E-state index < -0.39 is 0 Å². The number of carbonyl (C=O) groups excluding carboxylic acids is 2. The zero-order chi connectivity index (χ0) is 22.1. The van der Waals surface area contributed by atoms with Crippen LogP contribution < -0.4 is 9.64 Å². The molecular weight excluding hydrogens is 392 g/mol. The SMILES string of the molecule is COc1ccc(CN2C(=O)Cc3c(C)nc([C@H]4CCCCN4C(=O)C(C)C)nc32)cc1. The molecule has 1 saturated heterocycles. The van der Waals surface area contributed by atoms with Crippen molar-refractivity contribution in [3.05, 3.63) is 46.9 Å².